The SMILES string of the molecule is O=C(N[C@H]1CCCc2ccccc21)OC(=O)N1CCc2ccccc2C1. The Morgan fingerprint density at radius 2 is 1.69 bits per heavy atom. The second-order valence-electron chi connectivity index (χ2n) is 6.88. The Morgan fingerprint density at radius 3 is 2.54 bits per heavy atom. The first kappa shape index (κ1) is 16.6. The van der Waals surface area contributed by atoms with E-state index >= 15 is 0 Å². The van der Waals surface area contributed by atoms with E-state index in [0.29, 0.717) is 13.1 Å². The summed E-state index contributed by atoms with van der Waals surface area (Å²) in [6, 6.07) is 16.1. The number of nitrogens with zero attached hydrogens (tertiary/aromatic N) is 1. The van der Waals surface area contributed by atoms with Crippen LogP contribution in [0.1, 0.15) is 41.1 Å². The van der Waals surface area contributed by atoms with Crippen LogP contribution >= 0.6 is 0 Å². The van der Waals surface area contributed by atoms with E-state index in [9.17, 15) is 9.59 Å². The normalized spacial score (nSPS) is 18.5. The summed E-state index contributed by atoms with van der Waals surface area (Å²) in [5.41, 5.74) is 4.73. The summed E-state index contributed by atoms with van der Waals surface area (Å²) >= 11 is 0. The van der Waals surface area contributed by atoms with E-state index in [1.165, 1.54) is 11.1 Å². The first-order valence-electron chi connectivity index (χ1n) is 9.12. The lowest BCUT2D eigenvalue weighted by Crippen LogP contribution is -2.40. The zero-order chi connectivity index (χ0) is 17.9. The molecule has 1 N–H and O–H groups in total. The Hall–Kier alpha value is -2.82. The van der Waals surface area contributed by atoms with Gasteiger partial charge in [0.25, 0.3) is 0 Å². The van der Waals surface area contributed by atoms with Crippen molar-refractivity contribution in [2.45, 2.75) is 38.3 Å². The maximum absolute atomic E-state index is 12.3. The summed E-state index contributed by atoms with van der Waals surface area (Å²) in [4.78, 5) is 26.2. The number of carbonyl (C=O) groups is 2. The monoisotopic (exact) mass is 350 g/mol. The van der Waals surface area contributed by atoms with Crippen LogP contribution in [-0.4, -0.2) is 23.6 Å². The predicted molar refractivity (Wildman–Crippen MR) is 97.7 cm³/mol. The highest BCUT2D eigenvalue weighted by molar-refractivity contribution is 5.84. The van der Waals surface area contributed by atoms with Gasteiger partial charge in [-0.15, -0.1) is 0 Å². The van der Waals surface area contributed by atoms with E-state index in [1.807, 2.05) is 36.4 Å². The van der Waals surface area contributed by atoms with Crippen LogP contribution < -0.4 is 5.32 Å². The number of hydrogen-bond acceptors (Lipinski definition) is 3. The third-order valence-corrected chi connectivity index (χ3v) is 5.23. The summed E-state index contributed by atoms with van der Waals surface area (Å²) in [6.07, 6.45) is 2.42. The Labute approximate surface area is 153 Å². The molecule has 2 aromatic rings. The number of amides is 2. The van der Waals surface area contributed by atoms with E-state index in [0.717, 1.165) is 36.8 Å². The fourth-order valence-electron chi connectivity index (χ4n) is 3.87. The molecular weight excluding hydrogens is 328 g/mol. The van der Waals surface area contributed by atoms with Crippen LogP contribution in [0.5, 0.6) is 0 Å². The Bertz CT molecular complexity index is 834. The zero-order valence-electron chi connectivity index (χ0n) is 14.6. The van der Waals surface area contributed by atoms with Crippen molar-refractivity contribution in [2.75, 3.05) is 6.54 Å². The van der Waals surface area contributed by atoms with Gasteiger partial charge in [-0.05, 0) is 47.9 Å². The van der Waals surface area contributed by atoms with Crippen molar-refractivity contribution in [1.29, 1.82) is 0 Å². The first-order chi connectivity index (χ1) is 12.7. The van der Waals surface area contributed by atoms with Gasteiger partial charge in [-0.25, -0.2) is 9.59 Å². The minimum absolute atomic E-state index is 0.0951. The molecule has 26 heavy (non-hydrogen) atoms. The Balaban J connectivity index is 1.36. The lowest BCUT2D eigenvalue weighted by atomic mass is 9.88. The molecule has 0 unspecified atom stereocenters. The van der Waals surface area contributed by atoms with Gasteiger partial charge in [-0.1, -0.05) is 48.5 Å². The quantitative estimate of drug-likeness (QED) is 0.792. The maximum atomic E-state index is 12.3. The van der Waals surface area contributed by atoms with Gasteiger partial charge in [-0.2, -0.15) is 0 Å². The van der Waals surface area contributed by atoms with Crippen LogP contribution in [0, 0.1) is 0 Å². The number of fused-ring (bicyclic) bond motifs is 2. The van der Waals surface area contributed by atoms with Crippen LogP contribution in [-0.2, 0) is 24.1 Å². The highest BCUT2D eigenvalue weighted by Crippen LogP contribution is 2.29. The molecule has 5 nitrogen and oxygen atoms in total. The first-order valence-corrected chi connectivity index (χ1v) is 9.12. The second kappa shape index (κ2) is 7.20. The van der Waals surface area contributed by atoms with Crippen molar-refractivity contribution >= 4 is 12.2 Å². The van der Waals surface area contributed by atoms with Gasteiger partial charge in [0.1, 0.15) is 0 Å². The number of rotatable bonds is 1. The molecule has 1 aliphatic carbocycles. The topological polar surface area (TPSA) is 58.6 Å². The molecule has 0 bridgehead atoms. The van der Waals surface area contributed by atoms with Crippen molar-refractivity contribution in [1.82, 2.24) is 10.2 Å². The third-order valence-electron chi connectivity index (χ3n) is 5.23. The summed E-state index contributed by atoms with van der Waals surface area (Å²) in [7, 11) is 0. The Morgan fingerprint density at radius 1 is 0.962 bits per heavy atom. The molecule has 4 rings (SSSR count). The van der Waals surface area contributed by atoms with Gasteiger partial charge in [0.05, 0.1) is 6.04 Å². The van der Waals surface area contributed by atoms with Crippen molar-refractivity contribution in [3.63, 3.8) is 0 Å². The summed E-state index contributed by atoms with van der Waals surface area (Å²) in [5, 5.41) is 2.86. The van der Waals surface area contributed by atoms with Crippen LogP contribution in [0.2, 0.25) is 0 Å². The van der Waals surface area contributed by atoms with Crippen LogP contribution in [0.3, 0.4) is 0 Å². The fraction of sp³-hybridized carbons (Fsp3) is 0.333. The summed E-state index contributed by atoms with van der Waals surface area (Å²) in [5.74, 6) is 0. The molecule has 0 saturated carbocycles. The van der Waals surface area contributed by atoms with E-state index in [2.05, 4.69) is 17.4 Å². The minimum atomic E-state index is -0.671. The molecule has 2 amide bonds. The average Bonchev–Trinajstić information content (AvgIpc) is 2.68. The standard InChI is InChI=1S/C21H22N2O3/c24-20(22-19-11-5-9-16-7-3-4-10-18(16)19)26-21(25)23-13-12-15-6-1-2-8-17(15)14-23/h1-4,6-8,10,19H,5,9,11-14H2,(H,22,24)/t19-/m0/s1. The molecule has 2 aromatic carbocycles. The van der Waals surface area contributed by atoms with Gasteiger partial charge in [0.2, 0.25) is 0 Å². The van der Waals surface area contributed by atoms with E-state index < -0.39 is 12.2 Å². The summed E-state index contributed by atoms with van der Waals surface area (Å²) in [6.45, 7) is 1.05. The number of hydrogen-bond donors (Lipinski definition) is 1. The zero-order valence-corrected chi connectivity index (χ0v) is 14.6. The summed E-state index contributed by atoms with van der Waals surface area (Å²) < 4.78 is 5.06. The highest BCUT2D eigenvalue weighted by atomic mass is 16.6. The molecule has 2 aliphatic rings. The van der Waals surface area contributed by atoms with Crippen LogP contribution in [0.25, 0.3) is 0 Å². The molecule has 0 spiro atoms. The van der Waals surface area contributed by atoms with E-state index in [1.54, 1.807) is 4.90 Å². The molecule has 1 aliphatic heterocycles. The van der Waals surface area contributed by atoms with Crippen LogP contribution in [0.4, 0.5) is 9.59 Å². The van der Waals surface area contributed by atoms with Crippen molar-refractivity contribution in [2.24, 2.45) is 0 Å². The third kappa shape index (κ3) is 3.43. The molecule has 0 saturated heterocycles. The van der Waals surface area contributed by atoms with Gasteiger partial charge in [0.15, 0.2) is 0 Å². The van der Waals surface area contributed by atoms with Crippen molar-refractivity contribution < 1.29 is 14.3 Å². The van der Waals surface area contributed by atoms with Crippen LogP contribution in [0.15, 0.2) is 48.5 Å². The van der Waals surface area contributed by atoms with Gasteiger partial charge >= 0.3 is 12.2 Å². The number of ether oxygens (including phenoxy) is 1. The Kier molecular flexibility index (Phi) is 4.61. The molecule has 0 fully saturated rings. The number of nitrogens with one attached hydrogen (secondary N) is 1. The lowest BCUT2D eigenvalue weighted by Gasteiger charge is -2.29. The van der Waals surface area contributed by atoms with Crippen molar-refractivity contribution in [3.05, 3.63) is 70.8 Å². The molecule has 0 radical (unpaired) electrons. The highest BCUT2D eigenvalue weighted by Gasteiger charge is 2.26. The molecule has 134 valence electrons. The molecule has 0 aromatic heterocycles. The molecular formula is C21H22N2O3. The molecule has 5 heteroatoms. The van der Waals surface area contributed by atoms with Gasteiger partial charge in [0, 0.05) is 13.1 Å². The lowest BCUT2D eigenvalue weighted by molar-refractivity contribution is 0.111. The van der Waals surface area contributed by atoms with Gasteiger partial charge in [-0.3, -0.25) is 0 Å². The predicted octanol–water partition coefficient (Wildman–Crippen LogP) is 3.97. The molecule has 1 atom stereocenters. The van der Waals surface area contributed by atoms with E-state index in [4.69, 9.17) is 4.74 Å². The van der Waals surface area contributed by atoms with Crippen molar-refractivity contribution in [3.8, 4) is 0 Å². The number of aryl methyl sites for hydroxylation is 1. The maximum Gasteiger partial charge on any atom is 0.419 e. The molecule has 1 heterocycles. The fourth-order valence-corrected chi connectivity index (χ4v) is 3.87. The number of carbonyl (C=O) groups excluding carboxylic acids is 2. The largest absolute Gasteiger partial charge is 0.419 e. The number of alkyl carbamates (subject to hydrolysis) is 1. The second-order valence-corrected chi connectivity index (χ2v) is 6.88. The smallest absolute Gasteiger partial charge is 0.359 e. The average molecular weight is 350 g/mol. The minimum Gasteiger partial charge on any atom is -0.359 e. The number of benzene rings is 2. The van der Waals surface area contributed by atoms with Gasteiger partial charge < -0.3 is 15.0 Å². The van der Waals surface area contributed by atoms with E-state index in [-0.39, 0.29) is 6.04 Å².